The third kappa shape index (κ3) is 2.97. The molecule has 2 aliphatic rings. The van der Waals surface area contributed by atoms with Crippen LogP contribution in [0.1, 0.15) is 55.1 Å². The molecule has 1 saturated carbocycles. The lowest BCUT2D eigenvalue weighted by molar-refractivity contribution is -0.127. The molecule has 0 spiro atoms. The minimum absolute atomic E-state index is 0.0601. The molecule has 5 nitrogen and oxygen atoms in total. The number of para-hydroxylation sites is 1. The van der Waals surface area contributed by atoms with E-state index in [0.717, 1.165) is 47.2 Å². The second-order valence-corrected chi connectivity index (χ2v) is 9.70. The van der Waals surface area contributed by atoms with Crippen LogP contribution in [0.3, 0.4) is 0 Å². The van der Waals surface area contributed by atoms with Gasteiger partial charge in [0.1, 0.15) is 16.1 Å². The van der Waals surface area contributed by atoms with Crippen molar-refractivity contribution in [3.05, 3.63) is 53.0 Å². The van der Waals surface area contributed by atoms with Gasteiger partial charge in [0.15, 0.2) is 0 Å². The van der Waals surface area contributed by atoms with Gasteiger partial charge in [0.25, 0.3) is 5.91 Å². The Labute approximate surface area is 180 Å². The minimum Gasteiger partial charge on any atom is -0.351 e. The van der Waals surface area contributed by atoms with Crippen LogP contribution in [-0.2, 0) is 11.3 Å². The molecule has 0 bridgehead atoms. The highest BCUT2D eigenvalue weighted by atomic mass is 32.1. The van der Waals surface area contributed by atoms with E-state index >= 15 is 0 Å². The molecule has 3 aromatic rings. The highest BCUT2D eigenvalue weighted by Crippen LogP contribution is 2.38. The Morgan fingerprint density at radius 3 is 2.70 bits per heavy atom. The largest absolute Gasteiger partial charge is 0.351 e. The van der Waals surface area contributed by atoms with Crippen molar-refractivity contribution in [1.82, 2.24) is 9.88 Å². The Bertz CT molecular complexity index is 1120. The molecule has 1 aromatic carbocycles. The molecule has 2 aromatic heterocycles. The van der Waals surface area contributed by atoms with Gasteiger partial charge in [-0.25, -0.2) is 0 Å². The molecule has 0 unspecified atom stereocenters. The zero-order valence-corrected chi connectivity index (χ0v) is 18.3. The maximum atomic E-state index is 13.8. The molecule has 0 saturated heterocycles. The van der Waals surface area contributed by atoms with Crippen molar-refractivity contribution in [2.75, 3.05) is 4.90 Å². The molecule has 3 heterocycles. The molecule has 30 heavy (non-hydrogen) atoms. The second-order valence-electron chi connectivity index (χ2n) is 8.81. The highest BCUT2D eigenvalue weighted by molar-refractivity contribution is 7.16. The summed E-state index contributed by atoms with van der Waals surface area (Å²) in [7, 11) is 0. The van der Waals surface area contributed by atoms with Crippen molar-refractivity contribution in [2.24, 2.45) is 0 Å². The second kappa shape index (κ2) is 7.27. The monoisotopic (exact) mass is 421 g/mol. The fourth-order valence-corrected chi connectivity index (χ4v) is 5.87. The zero-order valence-electron chi connectivity index (χ0n) is 17.5. The normalized spacial score (nSPS) is 22.3. The van der Waals surface area contributed by atoms with Crippen LogP contribution in [0.15, 0.2) is 41.8 Å². The van der Waals surface area contributed by atoms with Crippen LogP contribution in [-0.4, -0.2) is 28.0 Å². The molecule has 156 valence electrons. The summed E-state index contributed by atoms with van der Waals surface area (Å²) in [6.45, 7) is 4.36. The molecule has 1 N–H and O–H groups in total. The summed E-state index contributed by atoms with van der Waals surface area (Å²) in [6, 6.07) is 12.0. The SMILES string of the molecule is Cc1ccccc1N1C(=O)c2cc3ccsc3n2C[C@@]1(C)C(=O)NC1CCCCC1. The van der Waals surface area contributed by atoms with E-state index < -0.39 is 5.54 Å². The van der Waals surface area contributed by atoms with E-state index in [1.54, 1.807) is 16.2 Å². The van der Waals surface area contributed by atoms with E-state index in [1.165, 1.54) is 6.42 Å². The predicted octanol–water partition coefficient (Wildman–Crippen LogP) is 4.88. The van der Waals surface area contributed by atoms with Gasteiger partial charge in [0.2, 0.25) is 5.91 Å². The van der Waals surface area contributed by atoms with Crippen molar-refractivity contribution < 1.29 is 9.59 Å². The fraction of sp³-hybridized carbons (Fsp3) is 0.417. The zero-order chi connectivity index (χ0) is 20.9. The van der Waals surface area contributed by atoms with Gasteiger partial charge in [-0.05, 0) is 55.8 Å². The lowest BCUT2D eigenvalue weighted by Crippen LogP contribution is -2.65. The Balaban J connectivity index is 1.61. The van der Waals surface area contributed by atoms with E-state index in [1.807, 2.05) is 60.2 Å². The van der Waals surface area contributed by atoms with E-state index in [-0.39, 0.29) is 17.9 Å². The van der Waals surface area contributed by atoms with E-state index in [0.29, 0.717) is 12.2 Å². The lowest BCUT2D eigenvalue weighted by atomic mass is 9.90. The molecule has 6 heteroatoms. The number of carbonyl (C=O) groups excluding carboxylic acids is 2. The molecule has 1 fully saturated rings. The van der Waals surface area contributed by atoms with Crippen LogP contribution in [0.4, 0.5) is 5.69 Å². The van der Waals surface area contributed by atoms with Gasteiger partial charge in [-0.3, -0.25) is 14.5 Å². The molecule has 2 amide bonds. The minimum atomic E-state index is -0.996. The molecule has 1 atom stereocenters. The Morgan fingerprint density at radius 1 is 1.17 bits per heavy atom. The van der Waals surface area contributed by atoms with Gasteiger partial charge < -0.3 is 9.88 Å². The number of carbonyl (C=O) groups is 2. The fourth-order valence-electron chi connectivity index (χ4n) is 4.98. The van der Waals surface area contributed by atoms with Gasteiger partial charge in [-0.2, -0.15) is 0 Å². The summed E-state index contributed by atoms with van der Waals surface area (Å²) in [5.74, 6) is -0.171. The molecule has 5 rings (SSSR count). The lowest BCUT2D eigenvalue weighted by Gasteiger charge is -2.45. The van der Waals surface area contributed by atoms with Crippen LogP contribution in [0.25, 0.3) is 10.2 Å². The number of thiophene rings is 1. The summed E-state index contributed by atoms with van der Waals surface area (Å²) in [5, 5.41) is 6.39. The number of aryl methyl sites for hydroxylation is 1. The summed E-state index contributed by atoms with van der Waals surface area (Å²) < 4.78 is 2.04. The number of benzene rings is 1. The summed E-state index contributed by atoms with van der Waals surface area (Å²) in [5.41, 5.74) is 1.45. The number of hydrogen-bond acceptors (Lipinski definition) is 3. The average molecular weight is 422 g/mol. The van der Waals surface area contributed by atoms with Crippen molar-refractivity contribution in [2.45, 2.75) is 64.1 Å². The van der Waals surface area contributed by atoms with E-state index in [4.69, 9.17) is 0 Å². The molecule has 0 radical (unpaired) electrons. The van der Waals surface area contributed by atoms with Crippen molar-refractivity contribution in [1.29, 1.82) is 0 Å². The van der Waals surface area contributed by atoms with Gasteiger partial charge in [0.05, 0.1) is 6.54 Å². The number of hydrogen-bond donors (Lipinski definition) is 1. The first kappa shape index (κ1) is 19.4. The summed E-state index contributed by atoms with van der Waals surface area (Å²) in [4.78, 5) is 30.3. The number of amides is 2. The number of nitrogens with zero attached hydrogens (tertiary/aromatic N) is 2. The van der Waals surface area contributed by atoms with E-state index in [9.17, 15) is 9.59 Å². The Hall–Kier alpha value is -2.60. The molecular formula is C24H27N3O2S. The first-order valence-electron chi connectivity index (χ1n) is 10.8. The molecule has 1 aliphatic heterocycles. The quantitative estimate of drug-likeness (QED) is 0.655. The van der Waals surface area contributed by atoms with Crippen molar-refractivity contribution in [3.63, 3.8) is 0 Å². The number of fused-ring (bicyclic) bond motifs is 3. The summed E-state index contributed by atoms with van der Waals surface area (Å²) in [6.07, 6.45) is 5.58. The number of nitrogens with one attached hydrogen (secondary N) is 1. The van der Waals surface area contributed by atoms with Crippen LogP contribution in [0.5, 0.6) is 0 Å². The predicted molar refractivity (Wildman–Crippen MR) is 121 cm³/mol. The van der Waals surface area contributed by atoms with Crippen LogP contribution in [0, 0.1) is 6.92 Å². The molecular weight excluding hydrogens is 394 g/mol. The van der Waals surface area contributed by atoms with Crippen molar-refractivity contribution in [3.8, 4) is 0 Å². The van der Waals surface area contributed by atoms with Gasteiger partial charge in [-0.1, -0.05) is 37.5 Å². The maximum Gasteiger partial charge on any atom is 0.275 e. The van der Waals surface area contributed by atoms with Gasteiger partial charge in [0, 0.05) is 17.1 Å². The average Bonchev–Trinajstić information content (AvgIpc) is 3.33. The number of anilines is 1. The van der Waals surface area contributed by atoms with E-state index in [2.05, 4.69) is 5.32 Å². The first-order chi connectivity index (χ1) is 14.5. The van der Waals surface area contributed by atoms with Crippen molar-refractivity contribution >= 4 is 39.1 Å². The third-order valence-electron chi connectivity index (χ3n) is 6.67. The first-order valence-corrected chi connectivity index (χ1v) is 11.6. The Kier molecular flexibility index (Phi) is 4.69. The topological polar surface area (TPSA) is 54.3 Å². The van der Waals surface area contributed by atoms with Crippen LogP contribution >= 0.6 is 11.3 Å². The Morgan fingerprint density at radius 2 is 1.93 bits per heavy atom. The highest BCUT2D eigenvalue weighted by Gasteiger charge is 2.49. The van der Waals surface area contributed by atoms with Crippen LogP contribution in [0.2, 0.25) is 0 Å². The smallest absolute Gasteiger partial charge is 0.275 e. The van der Waals surface area contributed by atoms with Gasteiger partial charge >= 0.3 is 0 Å². The number of rotatable bonds is 3. The van der Waals surface area contributed by atoms with Gasteiger partial charge in [-0.15, -0.1) is 11.3 Å². The summed E-state index contributed by atoms with van der Waals surface area (Å²) >= 11 is 1.62. The maximum absolute atomic E-state index is 13.8. The number of aromatic nitrogens is 1. The third-order valence-corrected chi connectivity index (χ3v) is 7.62. The molecule has 1 aliphatic carbocycles. The van der Waals surface area contributed by atoms with Crippen LogP contribution < -0.4 is 10.2 Å². The standard InChI is InChI=1S/C24H27N3O2S/c1-16-8-6-7-11-19(16)27-21(28)20-14-17-12-13-30-22(17)26(20)15-24(27,2)23(29)25-18-9-4-3-5-10-18/h6-8,11-14,18H,3-5,9-10,15H2,1-2H3,(H,25,29)/t24-/m0/s1.